The molecule has 1 aromatic carbocycles. The molecule has 88 valence electrons. The Bertz CT molecular complexity index is 325. The van der Waals surface area contributed by atoms with Gasteiger partial charge in [-0.25, -0.2) is 0 Å². The molecule has 1 aliphatic rings. The molecule has 1 saturated heterocycles. The Kier molecular flexibility index (Phi) is 4.13. The molecule has 1 N–H and O–H groups in total. The topological polar surface area (TPSA) is 21.3 Å². The summed E-state index contributed by atoms with van der Waals surface area (Å²) in [7, 11) is 1.71. The Balaban J connectivity index is 1.96. The van der Waals surface area contributed by atoms with E-state index in [0.29, 0.717) is 11.3 Å². The summed E-state index contributed by atoms with van der Waals surface area (Å²) < 4.78 is 5.16. The summed E-state index contributed by atoms with van der Waals surface area (Å²) in [5.41, 5.74) is 1.40. The van der Waals surface area contributed by atoms with Gasteiger partial charge >= 0.3 is 0 Å². The number of methoxy groups -OCH3 is 1. The van der Waals surface area contributed by atoms with Crippen molar-refractivity contribution in [1.29, 1.82) is 0 Å². The third-order valence-corrected chi connectivity index (χ3v) is 4.50. The molecule has 1 heterocycles. The lowest BCUT2D eigenvalue weighted by molar-refractivity contribution is 0.414. The van der Waals surface area contributed by atoms with Gasteiger partial charge in [0, 0.05) is 23.6 Å². The summed E-state index contributed by atoms with van der Waals surface area (Å²) in [5, 5.41) is 4.23. The van der Waals surface area contributed by atoms with Gasteiger partial charge in [-0.05, 0) is 31.0 Å². The summed E-state index contributed by atoms with van der Waals surface area (Å²) in [5.74, 6) is 2.16. The number of benzene rings is 1. The fourth-order valence-corrected chi connectivity index (χ4v) is 3.24. The molecule has 0 aromatic heterocycles. The molecule has 0 aliphatic carbocycles. The van der Waals surface area contributed by atoms with E-state index in [2.05, 4.69) is 36.1 Å². The zero-order chi connectivity index (χ0) is 11.4. The molecule has 0 saturated carbocycles. The molecular weight excluding hydrogens is 218 g/mol. The Labute approximate surface area is 102 Å². The summed E-state index contributed by atoms with van der Waals surface area (Å²) in [4.78, 5) is 0. The van der Waals surface area contributed by atoms with Gasteiger partial charge in [0.1, 0.15) is 5.75 Å². The largest absolute Gasteiger partial charge is 0.497 e. The van der Waals surface area contributed by atoms with Crippen molar-refractivity contribution >= 4 is 11.8 Å². The van der Waals surface area contributed by atoms with E-state index < -0.39 is 0 Å². The molecule has 2 atom stereocenters. The Morgan fingerprint density at radius 3 is 2.75 bits per heavy atom. The van der Waals surface area contributed by atoms with Crippen molar-refractivity contribution in [2.75, 3.05) is 19.4 Å². The van der Waals surface area contributed by atoms with Crippen LogP contribution in [0, 0.1) is 0 Å². The van der Waals surface area contributed by atoms with E-state index >= 15 is 0 Å². The molecule has 1 fully saturated rings. The summed E-state index contributed by atoms with van der Waals surface area (Å²) in [6, 6.07) is 9.03. The van der Waals surface area contributed by atoms with Gasteiger partial charge in [-0.1, -0.05) is 12.1 Å². The van der Waals surface area contributed by atoms with Crippen LogP contribution < -0.4 is 10.1 Å². The molecule has 16 heavy (non-hydrogen) atoms. The van der Waals surface area contributed by atoms with Crippen LogP contribution in [0.15, 0.2) is 24.3 Å². The van der Waals surface area contributed by atoms with Crippen molar-refractivity contribution in [3.05, 3.63) is 29.8 Å². The van der Waals surface area contributed by atoms with Crippen LogP contribution in [-0.4, -0.2) is 30.7 Å². The van der Waals surface area contributed by atoms with Crippen LogP contribution in [0.5, 0.6) is 5.75 Å². The highest BCUT2D eigenvalue weighted by atomic mass is 32.2. The van der Waals surface area contributed by atoms with Crippen molar-refractivity contribution in [2.45, 2.75) is 24.6 Å². The second-order valence-corrected chi connectivity index (χ2v) is 5.55. The standard InChI is InChI=1S/C13H19NOS/c1-10-13(16-8-7-14-10)9-11-3-5-12(15-2)6-4-11/h3-6,10,13-14H,7-9H2,1-2H3. The average Bonchev–Trinajstić information content (AvgIpc) is 2.33. The zero-order valence-electron chi connectivity index (χ0n) is 9.90. The smallest absolute Gasteiger partial charge is 0.118 e. The van der Waals surface area contributed by atoms with Crippen LogP contribution in [0.1, 0.15) is 12.5 Å². The van der Waals surface area contributed by atoms with Gasteiger partial charge < -0.3 is 10.1 Å². The van der Waals surface area contributed by atoms with E-state index in [9.17, 15) is 0 Å². The molecule has 2 nitrogen and oxygen atoms in total. The number of ether oxygens (including phenoxy) is 1. The predicted molar refractivity (Wildman–Crippen MR) is 70.4 cm³/mol. The van der Waals surface area contributed by atoms with E-state index in [4.69, 9.17) is 4.74 Å². The van der Waals surface area contributed by atoms with E-state index in [1.807, 2.05) is 12.1 Å². The van der Waals surface area contributed by atoms with Crippen molar-refractivity contribution in [2.24, 2.45) is 0 Å². The summed E-state index contributed by atoms with van der Waals surface area (Å²) in [6.07, 6.45) is 1.14. The van der Waals surface area contributed by atoms with Crippen LogP contribution >= 0.6 is 11.8 Å². The second-order valence-electron chi connectivity index (χ2n) is 4.20. The minimum Gasteiger partial charge on any atom is -0.497 e. The Morgan fingerprint density at radius 1 is 1.38 bits per heavy atom. The molecule has 0 spiro atoms. The number of thioether (sulfide) groups is 1. The molecule has 1 aliphatic heterocycles. The minimum absolute atomic E-state index is 0.612. The third kappa shape index (κ3) is 2.92. The van der Waals surface area contributed by atoms with E-state index in [-0.39, 0.29) is 0 Å². The lowest BCUT2D eigenvalue weighted by Gasteiger charge is -2.29. The Morgan fingerprint density at radius 2 is 2.12 bits per heavy atom. The van der Waals surface area contributed by atoms with Gasteiger partial charge in [0.25, 0.3) is 0 Å². The molecule has 0 radical (unpaired) electrons. The van der Waals surface area contributed by atoms with Crippen LogP contribution in [-0.2, 0) is 6.42 Å². The van der Waals surface area contributed by atoms with Gasteiger partial charge in [0.05, 0.1) is 7.11 Å². The third-order valence-electron chi connectivity index (χ3n) is 3.05. The van der Waals surface area contributed by atoms with E-state index in [1.54, 1.807) is 7.11 Å². The molecule has 0 amide bonds. The molecule has 3 heteroatoms. The number of rotatable bonds is 3. The predicted octanol–water partition coefficient (Wildman–Crippen LogP) is 2.33. The van der Waals surface area contributed by atoms with Gasteiger partial charge in [0.2, 0.25) is 0 Å². The normalized spacial score (nSPS) is 25.4. The first kappa shape index (κ1) is 11.8. The zero-order valence-corrected chi connectivity index (χ0v) is 10.7. The maximum atomic E-state index is 5.16. The fourth-order valence-electron chi connectivity index (χ4n) is 2.00. The first-order valence-electron chi connectivity index (χ1n) is 5.77. The van der Waals surface area contributed by atoms with Crippen molar-refractivity contribution in [1.82, 2.24) is 5.32 Å². The molecule has 2 rings (SSSR count). The minimum atomic E-state index is 0.612. The quantitative estimate of drug-likeness (QED) is 0.872. The highest BCUT2D eigenvalue weighted by Gasteiger charge is 2.21. The van der Waals surface area contributed by atoms with Gasteiger partial charge in [0.15, 0.2) is 0 Å². The highest BCUT2D eigenvalue weighted by molar-refractivity contribution is 8.00. The lowest BCUT2D eigenvalue weighted by Crippen LogP contribution is -2.42. The number of hydrogen-bond donors (Lipinski definition) is 1. The van der Waals surface area contributed by atoms with Gasteiger partial charge in [-0.15, -0.1) is 0 Å². The van der Waals surface area contributed by atoms with E-state index in [0.717, 1.165) is 18.7 Å². The molecule has 0 bridgehead atoms. The average molecular weight is 237 g/mol. The first-order chi connectivity index (χ1) is 7.79. The maximum absolute atomic E-state index is 5.16. The monoisotopic (exact) mass is 237 g/mol. The van der Waals surface area contributed by atoms with Crippen molar-refractivity contribution < 1.29 is 4.74 Å². The van der Waals surface area contributed by atoms with Crippen molar-refractivity contribution in [3.8, 4) is 5.75 Å². The summed E-state index contributed by atoms with van der Waals surface area (Å²) >= 11 is 2.08. The highest BCUT2D eigenvalue weighted by Crippen LogP contribution is 2.23. The lowest BCUT2D eigenvalue weighted by atomic mass is 10.1. The maximum Gasteiger partial charge on any atom is 0.118 e. The SMILES string of the molecule is COc1ccc(CC2SCCNC2C)cc1. The molecule has 1 aromatic rings. The van der Waals surface area contributed by atoms with Gasteiger partial charge in [-0.3, -0.25) is 0 Å². The Hall–Kier alpha value is -0.670. The molecular formula is C13H19NOS. The van der Waals surface area contributed by atoms with E-state index in [1.165, 1.54) is 11.3 Å². The second kappa shape index (κ2) is 5.60. The van der Waals surface area contributed by atoms with Crippen molar-refractivity contribution in [3.63, 3.8) is 0 Å². The van der Waals surface area contributed by atoms with Crippen LogP contribution in [0.25, 0.3) is 0 Å². The van der Waals surface area contributed by atoms with Crippen LogP contribution in [0.3, 0.4) is 0 Å². The van der Waals surface area contributed by atoms with Crippen LogP contribution in [0.2, 0.25) is 0 Å². The number of nitrogens with one attached hydrogen (secondary N) is 1. The number of hydrogen-bond acceptors (Lipinski definition) is 3. The first-order valence-corrected chi connectivity index (χ1v) is 6.82. The summed E-state index contributed by atoms with van der Waals surface area (Å²) in [6.45, 7) is 3.42. The van der Waals surface area contributed by atoms with Crippen LogP contribution in [0.4, 0.5) is 0 Å². The van der Waals surface area contributed by atoms with Gasteiger partial charge in [-0.2, -0.15) is 11.8 Å². The fraction of sp³-hybridized carbons (Fsp3) is 0.538. The molecule has 2 unspecified atom stereocenters.